The van der Waals surface area contributed by atoms with E-state index < -0.39 is 0 Å². The third kappa shape index (κ3) is 2.26. The number of nitrogens with two attached hydrogens (primary N) is 1. The van der Waals surface area contributed by atoms with E-state index in [0.29, 0.717) is 0 Å². The Balaban J connectivity index is 3.86. The Morgan fingerprint density at radius 3 is 2.22 bits per heavy atom. The fraction of sp³-hybridized carbons (Fsp3) is 0.667. The minimum atomic E-state index is 0.0162. The maximum Gasteiger partial charge on any atom is 0.0955 e. The molecule has 0 amide bonds. The maximum absolute atomic E-state index is 7.02. The Labute approximate surface area is 55.5 Å². The average molecular weight is 127 g/mol. The van der Waals surface area contributed by atoms with Gasteiger partial charge in [-0.15, -0.1) is 0 Å². The van der Waals surface area contributed by atoms with Crippen molar-refractivity contribution in [3.05, 3.63) is 0 Å². The van der Waals surface area contributed by atoms with E-state index in [1.807, 2.05) is 13.8 Å². The van der Waals surface area contributed by atoms with Crippen LogP contribution in [0.2, 0.25) is 0 Å². The Hall–Kier alpha value is -0.860. The van der Waals surface area contributed by atoms with E-state index in [1.165, 1.54) is 0 Å². The van der Waals surface area contributed by atoms with Crippen LogP contribution < -0.4 is 5.73 Å². The third-order valence-corrected chi connectivity index (χ3v) is 1.50. The van der Waals surface area contributed by atoms with Gasteiger partial charge >= 0.3 is 0 Å². The first kappa shape index (κ1) is 8.14. The number of nitrogens with zero attached hydrogens (tertiary/aromatic N) is 1. The van der Waals surface area contributed by atoms with Crippen LogP contribution in [0.3, 0.4) is 0 Å². The molecule has 0 aliphatic carbocycles. The van der Waals surface area contributed by atoms with Crippen LogP contribution in [-0.4, -0.2) is 18.6 Å². The fourth-order valence-electron chi connectivity index (χ4n) is 0.418. The summed E-state index contributed by atoms with van der Waals surface area (Å²) in [7, 11) is 0. The van der Waals surface area contributed by atoms with Crippen LogP contribution >= 0.6 is 0 Å². The van der Waals surface area contributed by atoms with Crippen LogP contribution in [0, 0.1) is 11.3 Å². The molecule has 3 nitrogen and oxygen atoms in total. The highest BCUT2D eigenvalue weighted by Crippen LogP contribution is 2.03. The van der Waals surface area contributed by atoms with Gasteiger partial charge in [0.2, 0.25) is 0 Å². The SMILES string of the molecule is C=N[C@@H](C)[C@@H](C)C(=N)N. The molecule has 0 aliphatic heterocycles. The van der Waals surface area contributed by atoms with Crippen molar-refractivity contribution in [1.82, 2.24) is 0 Å². The molecule has 0 fully saturated rings. The van der Waals surface area contributed by atoms with E-state index >= 15 is 0 Å². The van der Waals surface area contributed by atoms with Crippen molar-refractivity contribution in [3.63, 3.8) is 0 Å². The smallest absolute Gasteiger partial charge is 0.0955 e. The van der Waals surface area contributed by atoms with Crippen molar-refractivity contribution in [2.24, 2.45) is 16.6 Å². The summed E-state index contributed by atoms with van der Waals surface area (Å²) in [5.41, 5.74) is 5.21. The van der Waals surface area contributed by atoms with Gasteiger partial charge in [0.1, 0.15) is 0 Å². The van der Waals surface area contributed by atoms with Crippen LogP contribution in [0.15, 0.2) is 4.99 Å². The molecule has 9 heavy (non-hydrogen) atoms. The van der Waals surface area contributed by atoms with Crippen LogP contribution in [0.4, 0.5) is 0 Å². The molecule has 0 unspecified atom stereocenters. The topological polar surface area (TPSA) is 62.2 Å². The molecular weight excluding hydrogens is 114 g/mol. The molecule has 0 aliphatic rings. The van der Waals surface area contributed by atoms with Crippen molar-refractivity contribution in [2.75, 3.05) is 0 Å². The van der Waals surface area contributed by atoms with E-state index in [0.717, 1.165) is 0 Å². The Bertz CT molecular complexity index is 119. The summed E-state index contributed by atoms with van der Waals surface area (Å²) in [6.07, 6.45) is 0. The Kier molecular flexibility index (Phi) is 2.91. The zero-order valence-corrected chi connectivity index (χ0v) is 5.89. The van der Waals surface area contributed by atoms with Gasteiger partial charge in [-0.1, -0.05) is 6.92 Å². The summed E-state index contributed by atoms with van der Waals surface area (Å²) in [5.74, 6) is 0.192. The van der Waals surface area contributed by atoms with Gasteiger partial charge in [-0.2, -0.15) is 0 Å². The van der Waals surface area contributed by atoms with Crippen LogP contribution in [0.25, 0.3) is 0 Å². The van der Waals surface area contributed by atoms with Gasteiger partial charge in [0.15, 0.2) is 0 Å². The lowest BCUT2D eigenvalue weighted by Crippen LogP contribution is -2.27. The predicted octanol–water partition coefficient (Wildman–Crippen LogP) is 0.648. The Morgan fingerprint density at radius 1 is 1.67 bits per heavy atom. The lowest BCUT2D eigenvalue weighted by atomic mass is 10.0. The van der Waals surface area contributed by atoms with E-state index in [1.54, 1.807) is 0 Å². The van der Waals surface area contributed by atoms with Crippen LogP contribution in [0.1, 0.15) is 13.8 Å². The number of amidine groups is 1. The quantitative estimate of drug-likeness (QED) is 0.424. The van der Waals surface area contributed by atoms with Crippen molar-refractivity contribution in [3.8, 4) is 0 Å². The summed E-state index contributed by atoms with van der Waals surface area (Å²) >= 11 is 0. The van der Waals surface area contributed by atoms with Crippen molar-refractivity contribution in [2.45, 2.75) is 19.9 Å². The molecule has 3 N–H and O–H groups in total. The lowest BCUT2D eigenvalue weighted by molar-refractivity contribution is 0.612. The second-order valence-corrected chi connectivity index (χ2v) is 2.17. The first-order valence-electron chi connectivity index (χ1n) is 2.89. The van der Waals surface area contributed by atoms with Crippen molar-refractivity contribution >= 4 is 12.6 Å². The van der Waals surface area contributed by atoms with Crippen LogP contribution in [-0.2, 0) is 0 Å². The fourth-order valence-corrected chi connectivity index (χ4v) is 0.418. The first-order chi connectivity index (χ1) is 4.09. The number of rotatable bonds is 3. The summed E-state index contributed by atoms with van der Waals surface area (Å²) < 4.78 is 0. The van der Waals surface area contributed by atoms with Gasteiger partial charge in [0.05, 0.1) is 11.9 Å². The summed E-state index contributed by atoms with van der Waals surface area (Å²) in [5, 5.41) is 7.02. The maximum atomic E-state index is 7.02. The molecule has 52 valence electrons. The monoisotopic (exact) mass is 127 g/mol. The zero-order valence-electron chi connectivity index (χ0n) is 5.89. The number of nitrogens with one attached hydrogen (secondary N) is 1. The second-order valence-electron chi connectivity index (χ2n) is 2.17. The van der Waals surface area contributed by atoms with Gasteiger partial charge < -0.3 is 5.73 Å². The molecule has 3 heteroatoms. The highest BCUT2D eigenvalue weighted by molar-refractivity contribution is 5.79. The van der Waals surface area contributed by atoms with Crippen molar-refractivity contribution < 1.29 is 0 Å². The summed E-state index contributed by atoms with van der Waals surface area (Å²) in [6, 6.07) is 0.0579. The minimum Gasteiger partial charge on any atom is -0.387 e. The van der Waals surface area contributed by atoms with Gasteiger partial charge in [-0.3, -0.25) is 10.4 Å². The first-order valence-corrected chi connectivity index (χ1v) is 2.89. The van der Waals surface area contributed by atoms with Gasteiger partial charge in [0.25, 0.3) is 0 Å². The lowest BCUT2D eigenvalue weighted by Gasteiger charge is -2.12. The molecule has 0 aromatic carbocycles. The van der Waals surface area contributed by atoms with E-state index in [2.05, 4.69) is 11.7 Å². The summed E-state index contributed by atoms with van der Waals surface area (Å²) in [6.45, 7) is 7.11. The Morgan fingerprint density at radius 2 is 2.11 bits per heavy atom. The highest BCUT2D eigenvalue weighted by atomic mass is 14.8. The normalized spacial score (nSPS) is 16.2. The van der Waals surface area contributed by atoms with E-state index in [4.69, 9.17) is 11.1 Å². The third-order valence-electron chi connectivity index (χ3n) is 1.50. The largest absolute Gasteiger partial charge is 0.387 e. The highest BCUT2D eigenvalue weighted by Gasteiger charge is 2.11. The van der Waals surface area contributed by atoms with Gasteiger partial charge in [0, 0.05) is 5.92 Å². The van der Waals surface area contributed by atoms with E-state index in [-0.39, 0.29) is 17.8 Å². The second kappa shape index (κ2) is 3.22. The minimum absolute atomic E-state index is 0.0162. The molecule has 0 radical (unpaired) electrons. The number of hydrogen-bond donors (Lipinski definition) is 2. The molecule has 2 atom stereocenters. The average Bonchev–Trinajstić information content (AvgIpc) is 1.84. The number of hydrogen-bond acceptors (Lipinski definition) is 2. The van der Waals surface area contributed by atoms with Gasteiger partial charge in [-0.25, -0.2) is 0 Å². The number of aliphatic imine (C=N–C) groups is 1. The van der Waals surface area contributed by atoms with E-state index in [9.17, 15) is 0 Å². The molecular formula is C6H13N3. The molecule has 0 aromatic rings. The molecule has 0 spiro atoms. The zero-order chi connectivity index (χ0) is 7.44. The molecule has 0 heterocycles. The molecule has 0 saturated heterocycles. The van der Waals surface area contributed by atoms with Crippen LogP contribution in [0.5, 0.6) is 0 Å². The molecule has 0 bridgehead atoms. The predicted molar refractivity (Wildman–Crippen MR) is 40.1 cm³/mol. The van der Waals surface area contributed by atoms with Gasteiger partial charge in [-0.05, 0) is 13.6 Å². The molecule has 0 rings (SSSR count). The molecule has 0 aromatic heterocycles. The van der Waals surface area contributed by atoms with Crippen molar-refractivity contribution in [1.29, 1.82) is 5.41 Å². The molecule has 0 saturated carbocycles. The summed E-state index contributed by atoms with van der Waals surface area (Å²) in [4.78, 5) is 3.74. The standard InChI is InChI=1S/C6H13N3/c1-4(6(7)8)5(2)9-3/h4-5H,3H2,1-2H3,(H3,7,8)/t4-,5+/m1/s1.